The fourth-order valence-electron chi connectivity index (χ4n) is 2.82. The number of nitrogens with zero attached hydrogens (tertiary/aromatic N) is 1. The molecule has 0 unspecified atom stereocenters. The molecule has 9 nitrogen and oxygen atoms in total. The number of carbonyl (C=O) groups is 3. The van der Waals surface area contributed by atoms with Crippen LogP contribution >= 0.6 is 0 Å². The lowest BCUT2D eigenvalue weighted by Crippen LogP contribution is -2.43. The molecule has 2 amide bonds. The Morgan fingerprint density at radius 2 is 1.39 bits per heavy atom. The fourth-order valence-corrected chi connectivity index (χ4v) is 4.19. The Labute approximate surface area is 191 Å². The van der Waals surface area contributed by atoms with Gasteiger partial charge in [-0.2, -0.15) is 0 Å². The van der Waals surface area contributed by atoms with Crippen LogP contribution in [0, 0.1) is 0 Å². The van der Waals surface area contributed by atoms with E-state index >= 15 is 0 Å². The van der Waals surface area contributed by atoms with E-state index in [0.29, 0.717) is 11.3 Å². The zero-order chi connectivity index (χ0) is 23.8. The average molecular weight is 468 g/mol. The van der Waals surface area contributed by atoms with Crippen LogP contribution in [-0.4, -0.2) is 39.9 Å². The normalized spacial score (nSPS) is 10.7. The Balaban J connectivity index is 1.65. The molecule has 0 bridgehead atoms. The van der Waals surface area contributed by atoms with Crippen LogP contribution in [0.2, 0.25) is 0 Å². The first-order chi connectivity index (χ1) is 15.8. The number of benzene rings is 3. The number of nitrogens with one attached hydrogen (secondary N) is 2. The van der Waals surface area contributed by atoms with Gasteiger partial charge in [0.1, 0.15) is 4.90 Å². The lowest BCUT2D eigenvalue weighted by molar-refractivity contribution is -0.125. The van der Waals surface area contributed by atoms with E-state index in [1.165, 1.54) is 31.3 Å². The minimum atomic E-state index is -4.08. The third kappa shape index (κ3) is 5.74. The molecule has 0 fully saturated rings. The van der Waals surface area contributed by atoms with E-state index in [2.05, 4.69) is 10.9 Å². The number of carbonyl (C=O) groups excluding carboxylic acids is 3. The van der Waals surface area contributed by atoms with Gasteiger partial charge in [-0.05, 0) is 36.4 Å². The first-order valence-electron chi connectivity index (χ1n) is 9.75. The van der Waals surface area contributed by atoms with Gasteiger partial charge < -0.3 is 4.74 Å². The van der Waals surface area contributed by atoms with Crippen molar-refractivity contribution >= 4 is 33.5 Å². The van der Waals surface area contributed by atoms with Crippen molar-refractivity contribution in [2.45, 2.75) is 4.90 Å². The third-order valence-electron chi connectivity index (χ3n) is 4.55. The van der Waals surface area contributed by atoms with E-state index in [-0.39, 0.29) is 10.5 Å². The minimum Gasteiger partial charge on any atom is -0.452 e. The molecule has 0 saturated carbocycles. The topological polar surface area (TPSA) is 122 Å². The van der Waals surface area contributed by atoms with E-state index in [1.807, 2.05) is 0 Å². The predicted octanol–water partition coefficient (Wildman–Crippen LogP) is 2.13. The van der Waals surface area contributed by atoms with Crippen LogP contribution in [0.4, 0.5) is 5.69 Å². The van der Waals surface area contributed by atoms with Crippen LogP contribution in [0.15, 0.2) is 89.8 Å². The summed E-state index contributed by atoms with van der Waals surface area (Å²) in [6, 6.07) is 22.1. The minimum absolute atomic E-state index is 0.221. The summed E-state index contributed by atoms with van der Waals surface area (Å²) in [6.07, 6.45) is 0. The van der Waals surface area contributed by atoms with Gasteiger partial charge in [0, 0.05) is 12.6 Å². The summed E-state index contributed by atoms with van der Waals surface area (Å²) >= 11 is 0. The summed E-state index contributed by atoms with van der Waals surface area (Å²) in [7, 11) is -2.71. The molecule has 3 rings (SSSR count). The lowest BCUT2D eigenvalue weighted by atomic mass is 10.2. The summed E-state index contributed by atoms with van der Waals surface area (Å²) < 4.78 is 32.2. The molecular formula is C23H21N3O6S. The van der Waals surface area contributed by atoms with E-state index < -0.39 is 34.4 Å². The van der Waals surface area contributed by atoms with E-state index in [1.54, 1.807) is 60.7 Å². The zero-order valence-electron chi connectivity index (χ0n) is 17.6. The number of hydrogen-bond acceptors (Lipinski definition) is 6. The standard InChI is InChI=1S/C23H21N3O6S/c1-26(18-12-6-3-7-13-18)33(30,31)20-15-9-8-14-19(20)23(29)32-16-21(27)24-25-22(28)17-10-4-2-5-11-17/h2-15H,16H2,1H3,(H,24,27)(H,25,28). The monoisotopic (exact) mass is 467 g/mol. The van der Waals surface area contributed by atoms with Crippen LogP contribution in [0.5, 0.6) is 0 Å². The molecular weight excluding hydrogens is 446 g/mol. The van der Waals surface area contributed by atoms with E-state index in [9.17, 15) is 22.8 Å². The Hall–Kier alpha value is -4.18. The highest BCUT2D eigenvalue weighted by atomic mass is 32.2. The van der Waals surface area contributed by atoms with Crippen molar-refractivity contribution in [1.82, 2.24) is 10.9 Å². The van der Waals surface area contributed by atoms with Gasteiger partial charge in [0.15, 0.2) is 6.61 Å². The molecule has 33 heavy (non-hydrogen) atoms. The highest BCUT2D eigenvalue weighted by molar-refractivity contribution is 7.92. The first-order valence-corrected chi connectivity index (χ1v) is 11.2. The quantitative estimate of drug-likeness (QED) is 0.406. The van der Waals surface area contributed by atoms with Crippen molar-refractivity contribution in [2.24, 2.45) is 0 Å². The van der Waals surface area contributed by atoms with Gasteiger partial charge in [0.05, 0.1) is 11.3 Å². The molecule has 0 heterocycles. The molecule has 0 aliphatic heterocycles. The number of anilines is 1. The van der Waals surface area contributed by atoms with Crippen LogP contribution in [0.1, 0.15) is 20.7 Å². The SMILES string of the molecule is CN(c1ccccc1)S(=O)(=O)c1ccccc1C(=O)OCC(=O)NNC(=O)c1ccccc1. The maximum absolute atomic E-state index is 13.1. The molecule has 0 atom stereocenters. The van der Waals surface area contributed by atoms with E-state index in [4.69, 9.17) is 4.74 Å². The smallest absolute Gasteiger partial charge is 0.340 e. The Kier molecular flexibility index (Phi) is 7.42. The van der Waals surface area contributed by atoms with Gasteiger partial charge in [-0.25, -0.2) is 13.2 Å². The molecule has 10 heteroatoms. The molecule has 0 radical (unpaired) electrons. The largest absolute Gasteiger partial charge is 0.452 e. The number of rotatable bonds is 7. The van der Waals surface area contributed by atoms with Crippen molar-refractivity contribution in [3.05, 3.63) is 96.1 Å². The number of para-hydroxylation sites is 1. The van der Waals surface area contributed by atoms with Gasteiger partial charge in [0.2, 0.25) is 0 Å². The molecule has 2 N–H and O–H groups in total. The zero-order valence-corrected chi connectivity index (χ0v) is 18.4. The molecule has 170 valence electrons. The molecule has 0 spiro atoms. The lowest BCUT2D eigenvalue weighted by Gasteiger charge is -2.20. The van der Waals surface area contributed by atoms with Gasteiger partial charge in [-0.3, -0.25) is 24.7 Å². The van der Waals surface area contributed by atoms with Gasteiger partial charge in [-0.1, -0.05) is 48.5 Å². The van der Waals surface area contributed by atoms with Gasteiger partial charge in [-0.15, -0.1) is 0 Å². The van der Waals surface area contributed by atoms with Crippen LogP contribution < -0.4 is 15.2 Å². The maximum atomic E-state index is 13.1. The number of ether oxygens (including phenoxy) is 1. The van der Waals surface area contributed by atoms with Crippen molar-refractivity contribution in [1.29, 1.82) is 0 Å². The number of esters is 1. The maximum Gasteiger partial charge on any atom is 0.340 e. The molecule has 0 aliphatic rings. The number of hydrazine groups is 1. The molecule has 0 saturated heterocycles. The Morgan fingerprint density at radius 3 is 2.06 bits per heavy atom. The second kappa shape index (κ2) is 10.4. The molecule has 3 aromatic carbocycles. The van der Waals surface area contributed by atoms with Gasteiger partial charge in [0.25, 0.3) is 21.8 Å². The second-order valence-corrected chi connectivity index (χ2v) is 8.69. The Morgan fingerprint density at radius 1 is 0.818 bits per heavy atom. The summed E-state index contributed by atoms with van der Waals surface area (Å²) in [4.78, 5) is 36.2. The van der Waals surface area contributed by atoms with Crippen molar-refractivity contribution in [3.8, 4) is 0 Å². The second-order valence-electron chi connectivity index (χ2n) is 6.75. The highest BCUT2D eigenvalue weighted by Gasteiger charge is 2.27. The molecule has 0 aliphatic carbocycles. The summed E-state index contributed by atoms with van der Waals surface area (Å²) in [5.74, 6) is -2.34. The van der Waals surface area contributed by atoms with Gasteiger partial charge >= 0.3 is 5.97 Å². The summed E-state index contributed by atoms with van der Waals surface area (Å²) in [5.41, 5.74) is 4.85. The molecule has 0 aromatic heterocycles. The predicted molar refractivity (Wildman–Crippen MR) is 121 cm³/mol. The van der Waals surface area contributed by atoms with Crippen LogP contribution in [0.3, 0.4) is 0 Å². The highest BCUT2D eigenvalue weighted by Crippen LogP contribution is 2.24. The Bertz CT molecular complexity index is 1250. The molecule has 3 aromatic rings. The number of hydrogen-bond donors (Lipinski definition) is 2. The van der Waals surface area contributed by atoms with Crippen molar-refractivity contribution in [2.75, 3.05) is 18.0 Å². The number of sulfonamides is 1. The number of amides is 2. The van der Waals surface area contributed by atoms with E-state index in [0.717, 1.165) is 4.31 Å². The van der Waals surface area contributed by atoms with Crippen molar-refractivity contribution in [3.63, 3.8) is 0 Å². The average Bonchev–Trinajstić information content (AvgIpc) is 2.86. The van der Waals surface area contributed by atoms with Crippen molar-refractivity contribution < 1.29 is 27.5 Å². The fraction of sp³-hybridized carbons (Fsp3) is 0.0870. The van der Waals surface area contributed by atoms with Crippen LogP contribution in [0.25, 0.3) is 0 Å². The van der Waals surface area contributed by atoms with Crippen LogP contribution in [-0.2, 0) is 19.6 Å². The summed E-state index contributed by atoms with van der Waals surface area (Å²) in [6.45, 7) is -0.725. The third-order valence-corrected chi connectivity index (χ3v) is 6.39. The summed E-state index contributed by atoms with van der Waals surface area (Å²) in [5, 5.41) is 0. The first kappa shape index (κ1) is 23.5.